The van der Waals surface area contributed by atoms with E-state index in [1.807, 2.05) is 63.2 Å². The number of hydrogen-bond donors (Lipinski definition) is 1. The smallest absolute Gasteiger partial charge is 0.349 e. The fourth-order valence-corrected chi connectivity index (χ4v) is 3.71. The largest absolute Gasteiger partial charge is 0.482 e. The molecule has 166 valence electrons. The Morgan fingerprint density at radius 2 is 1.73 bits per heavy atom. The fourth-order valence-electron chi connectivity index (χ4n) is 3.71. The van der Waals surface area contributed by atoms with Crippen molar-refractivity contribution in [2.24, 2.45) is 5.73 Å². The molecule has 1 aliphatic rings. The number of nitrogens with two attached hydrogens (primary N) is 1. The highest BCUT2D eigenvalue weighted by atomic mass is 16.6. The lowest BCUT2D eigenvalue weighted by Gasteiger charge is -2.26. The molecule has 0 spiro atoms. The summed E-state index contributed by atoms with van der Waals surface area (Å²) in [6.45, 7) is 5.76. The van der Waals surface area contributed by atoms with Crippen LogP contribution in [0.5, 0.6) is 17.2 Å². The molecule has 0 bridgehead atoms. The molecule has 6 nitrogen and oxygen atoms in total. The van der Waals surface area contributed by atoms with E-state index in [9.17, 15) is 10.1 Å². The van der Waals surface area contributed by atoms with Crippen LogP contribution in [0.2, 0.25) is 0 Å². The van der Waals surface area contributed by atoms with Crippen LogP contribution in [0.25, 0.3) is 0 Å². The van der Waals surface area contributed by atoms with Crippen LogP contribution in [0.1, 0.15) is 33.7 Å². The van der Waals surface area contributed by atoms with Gasteiger partial charge in [-0.2, -0.15) is 5.26 Å². The Balaban J connectivity index is 1.53. The van der Waals surface area contributed by atoms with Gasteiger partial charge in [0.15, 0.2) is 6.61 Å². The summed E-state index contributed by atoms with van der Waals surface area (Å²) in [6, 6.07) is 20.8. The number of ether oxygens (including phenoxy) is 3. The van der Waals surface area contributed by atoms with Crippen LogP contribution < -0.4 is 19.9 Å². The standard InChI is InChI=1S/C27H24N2O4/c1-16-4-7-19(8-5-16)26-22-11-10-21(13-24(22)33-27(29)23(26)14-28)32-25(30)15-31-20-9-6-17(2)18(3)12-20/h4-13,26H,15,29H2,1-3H3. The molecule has 0 aliphatic carbocycles. The van der Waals surface area contributed by atoms with Crippen molar-refractivity contribution in [1.82, 2.24) is 0 Å². The summed E-state index contributed by atoms with van der Waals surface area (Å²) >= 11 is 0. The summed E-state index contributed by atoms with van der Waals surface area (Å²) in [7, 11) is 0. The molecule has 0 amide bonds. The van der Waals surface area contributed by atoms with Crippen molar-refractivity contribution >= 4 is 5.97 Å². The number of benzene rings is 3. The van der Waals surface area contributed by atoms with Gasteiger partial charge in [0.05, 0.1) is 5.92 Å². The predicted octanol–water partition coefficient (Wildman–Crippen LogP) is 4.81. The van der Waals surface area contributed by atoms with E-state index in [0.717, 1.165) is 27.8 Å². The van der Waals surface area contributed by atoms with Crippen LogP contribution in [-0.2, 0) is 4.79 Å². The van der Waals surface area contributed by atoms with Gasteiger partial charge in [-0.1, -0.05) is 42.0 Å². The summed E-state index contributed by atoms with van der Waals surface area (Å²) in [5.41, 5.74) is 11.4. The first-order valence-electron chi connectivity index (χ1n) is 10.5. The molecule has 4 rings (SSSR count). The van der Waals surface area contributed by atoms with Gasteiger partial charge in [-0.15, -0.1) is 0 Å². The zero-order valence-corrected chi connectivity index (χ0v) is 18.7. The lowest BCUT2D eigenvalue weighted by molar-refractivity contribution is -0.136. The first kappa shape index (κ1) is 22.0. The van der Waals surface area contributed by atoms with Gasteiger partial charge in [0.25, 0.3) is 0 Å². The predicted molar refractivity (Wildman–Crippen MR) is 124 cm³/mol. The Hall–Kier alpha value is -4.24. The van der Waals surface area contributed by atoms with Crippen molar-refractivity contribution in [3.63, 3.8) is 0 Å². The number of nitrogens with zero attached hydrogens (tertiary/aromatic N) is 1. The van der Waals surface area contributed by atoms with Crippen LogP contribution in [0.3, 0.4) is 0 Å². The van der Waals surface area contributed by atoms with Crippen LogP contribution >= 0.6 is 0 Å². The van der Waals surface area contributed by atoms with Gasteiger partial charge in [-0.25, -0.2) is 4.79 Å². The number of hydrogen-bond acceptors (Lipinski definition) is 6. The van der Waals surface area contributed by atoms with E-state index in [1.165, 1.54) is 0 Å². The number of rotatable bonds is 5. The van der Waals surface area contributed by atoms with Gasteiger partial charge in [0, 0.05) is 11.6 Å². The summed E-state index contributed by atoms with van der Waals surface area (Å²) in [5, 5.41) is 9.68. The van der Waals surface area contributed by atoms with Gasteiger partial charge < -0.3 is 19.9 Å². The highest BCUT2D eigenvalue weighted by Crippen LogP contribution is 2.43. The maximum absolute atomic E-state index is 12.3. The van der Waals surface area contributed by atoms with Crippen molar-refractivity contribution in [2.45, 2.75) is 26.7 Å². The monoisotopic (exact) mass is 440 g/mol. The Labute approximate surface area is 192 Å². The molecular weight excluding hydrogens is 416 g/mol. The lowest BCUT2D eigenvalue weighted by atomic mass is 9.83. The Morgan fingerprint density at radius 1 is 1.00 bits per heavy atom. The second kappa shape index (κ2) is 9.09. The van der Waals surface area contributed by atoms with Gasteiger partial charge in [0.2, 0.25) is 5.88 Å². The second-order valence-corrected chi connectivity index (χ2v) is 8.04. The summed E-state index contributed by atoms with van der Waals surface area (Å²) in [4.78, 5) is 12.3. The maximum atomic E-state index is 12.3. The highest BCUT2D eigenvalue weighted by Gasteiger charge is 2.31. The molecule has 2 N–H and O–H groups in total. The third-order valence-corrected chi connectivity index (χ3v) is 5.67. The zero-order valence-electron chi connectivity index (χ0n) is 18.7. The first-order chi connectivity index (χ1) is 15.9. The van der Waals surface area contributed by atoms with Crippen LogP contribution in [0.4, 0.5) is 0 Å². The number of nitriles is 1. The van der Waals surface area contributed by atoms with E-state index in [-0.39, 0.29) is 18.4 Å². The highest BCUT2D eigenvalue weighted by molar-refractivity contribution is 5.74. The number of carbonyl (C=O) groups is 1. The Bertz CT molecular complexity index is 1290. The number of esters is 1. The topological polar surface area (TPSA) is 94.6 Å². The Morgan fingerprint density at radius 3 is 2.42 bits per heavy atom. The zero-order chi connectivity index (χ0) is 23.5. The van der Waals surface area contributed by atoms with Crippen LogP contribution in [0.15, 0.2) is 72.1 Å². The normalized spacial score (nSPS) is 14.7. The number of aryl methyl sites for hydroxylation is 3. The minimum absolute atomic E-state index is 0.0390. The molecule has 0 saturated carbocycles. The summed E-state index contributed by atoms with van der Waals surface area (Å²) < 4.78 is 16.7. The van der Waals surface area contributed by atoms with E-state index in [0.29, 0.717) is 22.8 Å². The average Bonchev–Trinajstić information content (AvgIpc) is 2.79. The quantitative estimate of drug-likeness (QED) is 0.452. The maximum Gasteiger partial charge on any atom is 0.349 e. The van der Waals surface area contributed by atoms with Gasteiger partial charge in [-0.3, -0.25) is 0 Å². The average molecular weight is 440 g/mol. The van der Waals surface area contributed by atoms with Crippen molar-refractivity contribution in [1.29, 1.82) is 5.26 Å². The number of fused-ring (bicyclic) bond motifs is 1. The molecule has 0 saturated heterocycles. The molecule has 0 fully saturated rings. The molecule has 3 aromatic carbocycles. The molecule has 1 heterocycles. The SMILES string of the molecule is Cc1ccc(C2C(C#N)=C(N)Oc3cc(OC(=O)COc4ccc(C)c(C)c4)ccc32)cc1. The number of allylic oxidation sites excluding steroid dienone is 1. The molecule has 0 aromatic heterocycles. The van der Waals surface area contributed by atoms with Crippen LogP contribution in [-0.4, -0.2) is 12.6 Å². The van der Waals surface area contributed by atoms with E-state index in [2.05, 4.69) is 6.07 Å². The van der Waals surface area contributed by atoms with E-state index < -0.39 is 5.97 Å². The van der Waals surface area contributed by atoms with Crippen molar-refractivity contribution in [2.75, 3.05) is 6.61 Å². The molecule has 0 radical (unpaired) electrons. The first-order valence-corrected chi connectivity index (χ1v) is 10.5. The van der Waals surface area contributed by atoms with Gasteiger partial charge in [-0.05, 0) is 55.7 Å². The third kappa shape index (κ3) is 4.68. The lowest BCUT2D eigenvalue weighted by Crippen LogP contribution is -2.21. The summed E-state index contributed by atoms with van der Waals surface area (Å²) in [5.74, 6) is 0.483. The fraction of sp³-hybridized carbons (Fsp3) is 0.185. The molecule has 33 heavy (non-hydrogen) atoms. The molecule has 3 aromatic rings. The molecule has 1 atom stereocenters. The second-order valence-electron chi connectivity index (χ2n) is 8.04. The van der Waals surface area contributed by atoms with E-state index in [4.69, 9.17) is 19.9 Å². The van der Waals surface area contributed by atoms with Gasteiger partial charge >= 0.3 is 5.97 Å². The van der Waals surface area contributed by atoms with Crippen LogP contribution in [0, 0.1) is 32.1 Å². The summed E-state index contributed by atoms with van der Waals surface area (Å²) in [6.07, 6.45) is 0. The van der Waals surface area contributed by atoms with Crippen molar-refractivity contribution in [3.05, 3.63) is 99.9 Å². The molecule has 6 heteroatoms. The van der Waals surface area contributed by atoms with Crippen molar-refractivity contribution in [3.8, 4) is 23.3 Å². The number of carbonyl (C=O) groups excluding carboxylic acids is 1. The minimum Gasteiger partial charge on any atom is -0.482 e. The van der Waals surface area contributed by atoms with Gasteiger partial charge in [0.1, 0.15) is 28.9 Å². The van der Waals surface area contributed by atoms with E-state index >= 15 is 0 Å². The minimum atomic E-state index is -0.541. The molecule has 1 unspecified atom stereocenters. The third-order valence-electron chi connectivity index (χ3n) is 5.67. The molecular formula is C27H24N2O4. The molecule has 1 aliphatic heterocycles. The van der Waals surface area contributed by atoms with Crippen molar-refractivity contribution < 1.29 is 19.0 Å². The Kier molecular flexibility index (Phi) is 6.05. The van der Waals surface area contributed by atoms with E-state index in [1.54, 1.807) is 18.2 Å².